The zero-order chi connectivity index (χ0) is 11.4. The van der Waals surface area contributed by atoms with Crippen LogP contribution in [0.3, 0.4) is 0 Å². The quantitative estimate of drug-likeness (QED) is 0.519. The van der Waals surface area contributed by atoms with Crippen LogP contribution in [-0.4, -0.2) is 12.6 Å². The van der Waals surface area contributed by atoms with E-state index in [4.69, 9.17) is 0 Å². The van der Waals surface area contributed by atoms with Gasteiger partial charge in [0, 0.05) is 0 Å². The molecule has 0 spiro atoms. The Morgan fingerprint density at radius 1 is 1.36 bits per heavy atom. The molecule has 2 nitrogen and oxygen atoms in total. The van der Waals surface area contributed by atoms with Crippen molar-refractivity contribution in [1.29, 1.82) is 0 Å². The molecule has 0 bridgehead atoms. The van der Waals surface area contributed by atoms with E-state index in [2.05, 4.69) is 4.74 Å². The number of hydrogen-bond donors (Lipinski definition) is 0. The van der Waals surface area contributed by atoms with Crippen LogP contribution in [0.4, 0.5) is 4.39 Å². The summed E-state index contributed by atoms with van der Waals surface area (Å²) in [5, 5.41) is 0. The van der Waals surface area contributed by atoms with E-state index in [1.54, 1.807) is 13.8 Å². The molecule has 0 heterocycles. The number of hydrogen-bond acceptors (Lipinski definition) is 2. The van der Waals surface area contributed by atoms with Crippen molar-refractivity contribution < 1.29 is 13.9 Å². The van der Waals surface area contributed by atoms with E-state index in [1.807, 2.05) is 20.8 Å². The fourth-order valence-electron chi connectivity index (χ4n) is 1.24. The summed E-state index contributed by atoms with van der Waals surface area (Å²) in [5.41, 5.74) is 0.435. The first-order valence-electron chi connectivity index (χ1n) is 4.80. The van der Waals surface area contributed by atoms with Gasteiger partial charge in [0.15, 0.2) is 0 Å². The van der Waals surface area contributed by atoms with Crippen LogP contribution in [0.15, 0.2) is 11.4 Å². The van der Waals surface area contributed by atoms with Gasteiger partial charge in [-0.25, -0.2) is 4.79 Å². The standard InChI is InChI=1S/C11H19FO2/c1-6-14-10(13)9(12)8(2)7-11(3,4)5/h6-7H2,1-5H3/b9-8-. The highest BCUT2D eigenvalue weighted by atomic mass is 19.1. The summed E-state index contributed by atoms with van der Waals surface area (Å²) in [6, 6.07) is 0. The van der Waals surface area contributed by atoms with Crippen molar-refractivity contribution in [2.24, 2.45) is 5.41 Å². The lowest BCUT2D eigenvalue weighted by atomic mass is 9.88. The second kappa shape index (κ2) is 5.13. The number of esters is 1. The summed E-state index contributed by atoms with van der Waals surface area (Å²) in [5.74, 6) is -1.60. The molecule has 0 fully saturated rings. The van der Waals surface area contributed by atoms with Gasteiger partial charge in [0.25, 0.3) is 0 Å². The first-order chi connectivity index (χ1) is 6.28. The lowest BCUT2D eigenvalue weighted by Crippen LogP contribution is -2.10. The predicted octanol–water partition coefficient (Wildman–Crippen LogP) is 3.23. The third kappa shape index (κ3) is 5.00. The smallest absolute Gasteiger partial charge is 0.367 e. The highest BCUT2D eigenvalue weighted by Gasteiger charge is 2.18. The van der Waals surface area contributed by atoms with Gasteiger partial charge >= 0.3 is 5.97 Å². The van der Waals surface area contributed by atoms with Gasteiger partial charge < -0.3 is 4.74 Å². The van der Waals surface area contributed by atoms with Crippen LogP contribution in [0.2, 0.25) is 0 Å². The summed E-state index contributed by atoms with van der Waals surface area (Å²) < 4.78 is 17.9. The monoisotopic (exact) mass is 202 g/mol. The zero-order valence-electron chi connectivity index (χ0n) is 9.61. The van der Waals surface area contributed by atoms with Crippen LogP contribution < -0.4 is 0 Å². The number of rotatable bonds is 3. The molecule has 0 aliphatic rings. The van der Waals surface area contributed by atoms with Crippen LogP contribution in [0.1, 0.15) is 41.0 Å². The minimum Gasteiger partial charge on any atom is -0.461 e. The summed E-state index contributed by atoms with van der Waals surface area (Å²) in [4.78, 5) is 11.0. The first kappa shape index (κ1) is 13.1. The van der Waals surface area contributed by atoms with E-state index >= 15 is 0 Å². The van der Waals surface area contributed by atoms with Crippen LogP contribution in [-0.2, 0) is 9.53 Å². The number of allylic oxidation sites excluding steroid dienone is 1. The van der Waals surface area contributed by atoms with Crippen molar-refractivity contribution in [2.75, 3.05) is 6.61 Å². The highest BCUT2D eigenvalue weighted by Crippen LogP contribution is 2.26. The topological polar surface area (TPSA) is 26.3 Å². The average molecular weight is 202 g/mol. The Kier molecular flexibility index (Phi) is 4.81. The average Bonchev–Trinajstić information content (AvgIpc) is 2.00. The second-order valence-electron chi connectivity index (χ2n) is 4.55. The molecule has 0 rings (SSSR count). The van der Waals surface area contributed by atoms with Crippen molar-refractivity contribution in [3.63, 3.8) is 0 Å². The second-order valence-corrected chi connectivity index (χ2v) is 4.55. The Morgan fingerprint density at radius 3 is 2.21 bits per heavy atom. The Hall–Kier alpha value is -0.860. The third-order valence-corrected chi connectivity index (χ3v) is 1.62. The Bertz CT molecular complexity index is 236. The molecule has 0 radical (unpaired) electrons. The molecular formula is C11H19FO2. The minimum atomic E-state index is -0.853. The number of carbonyl (C=O) groups excluding carboxylic acids is 1. The molecule has 0 unspecified atom stereocenters. The molecule has 0 aromatic rings. The fraction of sp³-hybridized carbons (Fsp3) is 0.727. The molecule has 0 N–H and O–H groups in total. The fourth-order valence-corrected chi connectivity index (χ4v) is 1.24. The van der Waals surface area contributed by atoms with E-state index in [9.17, 15) is 9.18 Å². The zero-order valence-corrected chi connectivity index (χ0v) is 9.61. The first-order valence-corrected chi connectivity index (χ1v) is 4.80. The van der Waals surface area contributed by atoms with Crippen molar-refractivity contribution in [1.82, 2.24) is 0 Å². The van der Waals surface area contributed by atoms with Crippen molar-refractivity contribution in [3.05, 3.63) is 11.4 Å². The number of halogens is 1. The van der Waals surface area contributed by atoms with Crippen molar-refractivity contribution in [3.8, 4) is 0 Å². The van der Waals surface area contributed by atoms with Crippen LogP contribution in [0.5, 0.6) is 0 Å². The van der Waals surface area contributed by atoms with Gasteiger partial charge in [0.1, 0.15) is 0 Å². The van der Waals surface area contributed by atoms with Gasteiger partial charge in [-0.05, 0) is 31.3 Å². The molecule has 0 aliphatic carbocycles. The maximum Gasteiger partial charge on any atom is 0.367 e. The van der Waals surface area contributed by atoms with Crippen LogP contribution in [0, 0.1) is 5.41 Å². The van der Waals surface area contributed by atoms with Gasteiger partial charge in [0.05, 0.1) is 6.61 Å². The normalized spacial score (nSPS) is 13.6. The SMILES string of the molecule is CCOC(=O)/C(F)=C(\C)CC(C)(C)C. The van der Waals surface area contributed by atoms with Crippen molar-refractivity contribution >= 4 is 5.97 Å². The molecule has 0 atom stereocenters. The van der Waals surface area contributed by atoms with E-state index in [1.165, 1.54) is 0 Å². The molecule has 0 amide bonds. The summed E-state index contributed by atoms with van der Waals surface area (Å²) in [6.45, 7) is 9.47. The maximum atomic E-state index is 13.3. The molecule has 0 aromatic carbocycles. The van der Waals surface area contributed by atoms with Gasteiger partial charge in [-0.1, -0.05) is 20.8 Å². The van der Waals surface area contributed by atoms with Gasteiger partial charge in [-0.15, -0.1) is 0 Å². The highest BCUT2D eigenvalue weighted by molar-refractivity contribution is 5.86. The molecule has 0 saturated heterocycles. The molecule has 0 aliphatic heterocycles. The largest absolute Gasteiger partial charge is 0.461 e. The lowest BCUT2D eigenvalue weighted by molar-refractivity contribution is -0.140. The number of carbonyl (C=O) groups is 1. The van der Waals surface area contributed by atoms with Gasteiger partial charge in [-0.2, -0.15) is 4.39 Å². The molecule has 0 saturated carbocycles. The third-order valence-electron chi connectivity index (χ3n) is 1.62. The Morgan fingerprint density at radius 2 is 1.86 bits per heavy atom. The van der Waals surface area contributed by atoms with Gasteiger partial charge in [-0.3, -0.25) is 0 Å². The Balaban J connectivity index is 4.51. The predicted molar refractivity (Wildman–Crippen MR) is 54.5 cm³/mol. The number of ether oxygens (including phenoxy) is 1. The van der Waals surface area contributed by atoms with Gasteiger partial charge in [0.2, 0.25) is 5.83 Å². The van der Waals surface area contributed by atoms with E-state index < -0.39 is 11.8 Å². The van der Waals surface area contributed by atoms with Crippen LogP contribution >= 0.6 is 0 Å². The molecular weight excluding hydrogens is 183 g/mol. The Labute approximate surface area is 85.1 Å². The molecule has 82 valence electrons. The summed E-state index contributed by atoms with van der Waals surface area (Å²) in [7, 11) is 0. The van der Waals surface area contributed by atoms with Crippen molar-refractivity contribution in [2.45, 2.75) is 41.0 Å². The van der Waals surface area contributed by atoms with E-state index in [-0.39, 0.29) is 12.0 Å². The maximum absolute atomic E-state index is 13.3. The minimum absolute atomic E-state index is 0.0199. The van der Waals surface area contributed by atoms with E-state index in [0.717, 1.165) is 0 Å². The molecule has 14 heavy (non-hydrogen) atoms. The summed E-state index contributed by atoms with van der Waals surface area (Å²) in [6.07, 6.45) is 0.553. The molecule has 3 heteroatoms. The molecule has 0 aromatic heterocycles. The summed E-state index contributed by atoms with van der Waals surface area (Å²) >= 11 is 0. The van der Waals surface area contributed by atoms with E-state index in [0.29, 0.717) is 12.0 Å². The lowest BCUT2D eigenvalue weighted by Gasteiger charge is -2.18. The van der Waals surface area contributed by atoms with Crippen LogP contribution in [0.25, 0.3) is 0 Å².